The van der Waals surface area contributed by atoms with Crippen molar-refractivity contribution in [2.75, 3.05) is 13.3 Å². The predicted octanol–water partition coefficient (Wildman–Crippen LogP) is 1.92. The van der Waals surface area contributed by atoms with Crippen LogP contribution in [0.1, 0.15) is 33.1 Å². The van der Waals surface area contributed by atoms with E-state index in [1.54, 1.807) is 6.92 Å². The number of ketones is 1. The number of halogens is 2. The standard InChI is InChI=1S/C11H17F2NO3/c1-3-8(15)11(4-5-11)14-9(16)17-10(2,6-12)7-13/h3-7H2,1-2H3,(H,14,16). The molecule has 1 saturated carbocycles. The van der Waals surface area contributed by atoms with Crippen molar-refractivity contribution in [1.29, 1.82) is 0 Å². The minimum absolute atomic E-state index is 0.0864. The molecule has 1 rings (SSSR count). The summed E-state index contributed by atoms with van der Waals surface area (Å²) >= 11 is 0. The summed E-state index contributed by atoms with van der Waals surface area (Å²) in [5.74, 6) is -0.0864. The molecule has 6 heteroatoms. The second-order valence-electron chi connectivity index (χ2n) is 4.59. The van der Waals surface area contributed by atoms with Crippen LogP contribution in [-0.4, -0.2) is 36.4 Å². The van der Waals surface area contributed by atoms with Crippen LogP contribution in [-0.2, 0) is 9.53 Å². The normalized spacial score (nSPS) is 17.4. The van der Waals surface area contributed by atoms with Crippen LogP contribution in [0.25, 0.3) is 0 Å². The topological polar surface area (TPSA) is 55.4 Å². The number of hydrogen-bond acceptors (Lipinski definition) is 3. The summed E-state index contributed by atoms with van der Waals surface area (Å²) in [6.07, 6.45) is 0.471. The van der Waals surface area contributed by atoms with Gasteiger partial charge in [0.05, 0.1) is 0 Å². The summed E-state index contributed by atoms with van der Waals surface area (Å²) in [7, 11) is 0. The lowest BCUT2D eigenvalue weighted by Crippen LogP contribution is -2.47. The highest BCUT2D eigenvalue weighted by molar-refractivity contribution is 5.94. The zero-order chi connectivity index (χ0) is 13.1. The van der Waals surface area contributed by atoms with Crippen LogP contribution in [0, 0.1) is 0 Å². The number of nitrogens with one attached hydrogen (secondary N) is 1. The molecule has 1 N–H and O–H groups in total. The molecule has 0 bridgehead atoms. The van der Waals surface area contributed by atoms with E-state index in [9.17, 15) is 18.4 Å². The molecule has 0 saturated heterocycles. The molecule has 0 aromatic rings. The maximum absolute atomic E-state index is 12.5. The molecule has 98 valence electrons. The van der Waals surface area contributed by atoms with Crippen molar-refractivity contribution >= 4 is 11.9 Å². The van der Waals surface area contributed by atoms with Crippen molar-refractivity contribution in [3.8, 4) is 0 Å². The van der Waals surface area contributed by atoms with Gasteiger partial charge in [-0.05, 0) is 19.8 Å². The van der Waals surface area contributed by atoms with Gasteiger partial charge in [0, 0.05) is 6.42 Å². The predicted molar refractivity (Wildman–Crippen MR) is 57.2 cm³/mol. The average Bonchev–Trinajstić information content (AvgIpc) is 3.08. The lowest BCUT2D eigenvalue weighted by atomic mass is 10.1. The van der Waals surface area contributed by atoms with Gasteiger partial charge in [0.15, 0.2) is 11.4 Å². The van der Waals surface area contributed by atoms with E-state index in [1.807, 2.05) is 0 Å². The molecule has 0 unspecified atom stereocenters. The van der Waals surface area contributed by atoms with Gasteiger partial charge in [0.2, 0.25) is 0 Å². The molecule has 0 aromatic heterocycles. The van der Waals surface area contributed by atoms with Crippen LogP contribution in [0.15, 0.2) is 0 Å². The van der Waals surface area contributed by atoms with Gasteiger partial charge in [-0.1, -0.05) is 6.92 Å². The summed E-state index contributed by atoms with van der Waals surface area (Å²) in [4.78, 5) is 23.0. The second-order valence-corrected chi connectivity index (χ2v) is 4.59. The van der Waals surface area contributed by atoms with Gasteiger partial charge in [-0.25, -0.2) is 13.6 Å². The largest absolute Gasteiger partial charge is 0.438 e. The Labute approximate surface area is 98.7 Å². The smallest absolute Gasteiger partial charge is 0.408 e. The van der Waals surface area contributed by atoms with E-state index in [1.165, 1.54) is 0 Å². The quantitative estimate of drug-likeness (QED) is 0.782. The molecular weight excluding hydrogens is 232 g/mol. The van der Waals surface area contributed by atoms with E-state index in [0.717, 1.165) is 6.92 Å². The van der Waals surface area contributed by atoms with Crippen LogP contribution >= 0.6 is 0 Å². The van der Waals surface area contributed by atoms with Crippen LogP contribution in [0.4, 0.5) is 13.6 Å². The first-order chi connectivity index (χ1) is 7.91. The van der Waals surface area contributed by atoms with Crippen molar-refractivity contribution < 1.29 is 23.1 Å². The maximum Gasteiger partial charge on any atom is 0.408 e. The molecule has 0 aromatic carbocycles. The number of Topliss-reactive ketones (excluding diaryl/α,β-unsaturated/α-hetero) is 1. The van der Waals surface area contributed by atoms with Crippen LogP contribution in [0.5, 0.6) is 0 Å². The van der Waals surface area contributed by atoms with E-state index in [0.29, 0.717) is 19.3 Å². The van der Waals surface area contributed by atoms with Gasteiger partial charge in [-0.15, -0.1) is 0 Å². The molecule has 0 aliphatic heterocycles. The third-order valence-corrected chi connectivity index (χ3v) is 2.85. The lowest BCUT2D eigenvalue weighted by Gasteiger charge is -2.24. The number of ether oxygens (including phenoxy) is 1. The van der Waals surface area contributed by atoms with Gasteiger partial charge in [-0.3, -0.25) is 4.79 Å². The molecular formula is C11H17F2NO3. The van der Waals surface area contributed by atoms with Crippen molar-refractivity contribution in [3.63, 3.8) is 0 Å². The van der Waals surface area contributed by atoms with Gasteiger partial charge in [0.25, 0.3) is 0 Å². The van der Waals surface area contributed by atoms with Crippen molar-refractivity contribution in [3.05, 3.63) is 0 Å². The van der Waals surface area contributed by atoms with Crippen molar-refractivity contribution in [2.24, 2.45) is 0 Å². The first-order valence-electron chi connectivity index (χ1n) is 5.58. The fraction of sp³-hybridized carbons (Fsp3) is 0.818. The molecule has 0 heterocycles. The Kier molecular flexibility index (Phi) is 4.06. The minimum atomic E-state index is -1.77. The van der Waals surface area contributed by atoms with Gasteiger partial charge < -0.3 is 10.1 Å². The number of alkyl carbamates (subject to hydrolysis) is 1. The third-order valence-electron chi connectivity index (χ3n) is 2.85. The summed E-state index contributed by atoms with van der Waals surface area (Å²) in [5.41, 5.74) is -2.63. The minimum Gasteiger partial charge on any atom is -0.438 e. The average molecular weight is 249 g/mol. The van der Waals surface area contributed by atoms with Crippen molar-refractivity contribution in [2.45, 2.75) is 44.2 Å². The summed E-state index contributed by atoms with van der Waals surface area (Å²) in [5, 5.41) is 2.40. The highest BCUT2D eigenvalue weighted by Crippen LogP contribution is 2.37. The number of carbonyl (C=O) groups excluding carboxylic acids is 2. The van der Waals surface area contributed by atoms with E-state index >= 15 is 0 Å². The molecule has 0 atom stereocenters. The van der Waals surface area contributed by atoms with Crippen LogP contribution in [0.3, 0.4) is 0 Å². The first kappa shape index (κ1) is 13.9. The van der Waals surface area contributed by atoms with Crippen LogP contribution < -0.4 is 5.32 Å². The van der Waals surface area contributed by atoms with E-state index in [-0.39, 0.29) is 5.78 Å². The highest BCUT2D eigenvalue weighted by Gasteiger charge is 2.50. The zero-order valence-corrected chi connectivity index (χ0v) is 10.0. The molecule has 1 aliphatic carbocycles. The Morgan fingerprint density at radius 2 is 1.88 bits per heavy atom. The fourth-order valence-electron chi connectivity index (χ4n) is 1.47. The van der Waals surface area contributed by atoms with Crippen molar-refractivity contribution in [1.82, 2.24) is 5.32 Å². The van der Waals surface area contributed by atoms with E-state index in [2.05, 4.69) is 10.1 Å². The fourth-order valence-corrected chi connectivity index (χ4v) is 1.47. The lowest BCUT2D eigenvalue weighted by molar-refractivity contribution is -0.121. The molecule has 1 amide bonds. The summed E-state index contributed by atoms with van der Waals surface area (Å²) in [6, 6.07) is 0. The Hall–Kier alpha value is -1.20. The van der Waals surface area contributed by atoms with E-state index in [4.69, 9.17) is 0 Å². The molecule has 1 fully saturated rings. The molecule has 0 spiro atoms. The maximum atomic E-state index is 12.5. The highest BCUT2D eigenvalue weighted by atomic mass is 19.1. The summed E-state index contributed by atoms with van der Waals surface area (Å²) < 4.78 is 29.6. The molecule has 1 aliphatic rings. The van der Waals surface area contributed by atoms with Gasteiger partial charge in [0.1, 0.15) is 18.9 Å². The first-order valence-corrected chi connectivity index (χ1v) is 5.58. The number of alkyl halides is 2. The Morgan fingerprint density at radius 3 is 2.24 bits per heavy atom. The van der Waals surface area contributed by atoms with Gasteiger partial charge in [-0.2, -0.15) is 0 Å². The Morgan fingerprint density at radius 1 is 1.35 bits per heavy atom. The SMILES string of the molecule is CCC(=O)C1(NC(=O)OC(C)(CF)CF)CC1. The molecule has 4 nitrogen and oxygen atoms in total. The Balaban J connectivity index is 2.53. The summed E-state index contributed by atoms with van der Waals surface area (Å²) in [6.45, 7) is 0.647. The number of carbonyl (C=O) groups is 2. The second kappa shape index (κ2) is 4.98. The van der Waals surface area contributed by atoms with E-state index < -0.39 is 30.6 Å². The third kappa shape index (κ3) is 3.14. The Bertz CT molecular complexity index is 312. The number of amides is 1. The van der Waals surface area contributed by atoms with Crippen LogP contribution in [0.2, 0.25) is 0 Å². The molecule has 17 heavy (non-hydrogen) atoms. The number of rotatable bonds is 6. The molecule has 0 radical (unpaired) electrons. The number of hydrogen-bond donors (Lipinski definition) is 1. The monoisotopic (exact) mass is 249 g/mol. The zero-order valence-electron chi connectivity index (χ0n) is 10.0. The van der Waals surface area contributed by atoms with Gasteiger partial charge >= 0.3 is 6.09 Å².